The van der Waals surface area contributed by atoms with E-state index >= 15 is 0 Å². The zero-order valence-corrected chi connectivity index (χ0v) is 16.8. The second-order valence-corrected chi connectivity index (χ2v) is 8.92. The first-order chi connectivity index (χ1) is 13.2. The summed E-state index contributed by atoms with van der Waals surface area (Å²) in [5, 5.41) is 17.4. The summed E-state index contributed by atoms with van der Waals surface area (Å²) < 4.78 is 13.3. The highest BCUT2D eigenvalue weighted by atomic mass is 32.1. The van der Waals surface area contributed by atoms with Crippen molar-refractivity contribution in [2.24, 2.45) is 0 Å². The number of nitrogens with zero attached hydrogens (tertiary/aromatic N) is 4. The summed E-state index contributed by atoms with van der Waals surface area (Å²) in [6, 6.07) is 4.20. The number of hydrogen-bond donors (Lipinski definition) is 1. The zero-order valence-electron chi connectivity index (χ0n) is 15.1. The van der Waals surface area contributed by atoms with Crippen molar-refractivity contribution in [2.75, 3.05) is 26.3 Å². The maximum absolute atomic E-state index is 10.9. The highest BCUT2D eigenvalue weighted by Crippen LogP contribution is 2.44. The minimum atomic E-state index is -0.403. The van der Waals surface area contributed by atoms with E-state index in [1.165, 1.54) is 16.2 Å². The molecule has 1 N–H and O–H groups in total. The minimum Gasteiger partial charge on any atom is -0.492 e. The zero-order chi connectivity index (χ0) is 18.4. The Morgan fingerprint density at radius 3 is 2.70 bits per heavy atom. The van der Waals surface area contributed by atoms with Gasteiger partial charge in [-0.25, -0.2) is 4.98 Å². The van der Waals surface area contributed by atoms with Gasteiger partial charge in [0, 0.05) is 37.2 Å². The van der Waals surface area contributed by atoms with Crippen LogP contribution in [0.2, 0.25) is 0 Å². The van der Waals surface area contributed by atoms with Crippen LogP contribution in [0.15, 0.2) is 17.5 Å². The first-order valence-corrected chi connectivity index (χ1v) is 11.0. The van der Waals surface area contributed by atoms with Crippen molar-refractivity contribution >= 4 is 27.6 Å². The molecule has 0 aromatic carbocycles. The topological polar surface area (TPSA) is 72.1 Å². The first kappa shape index (κ1) is 17.6. The summed E-state index contributed by atoms with van der Waals surface area (Å²) in [7, 11) is 0. The van der Waals surface area contributed by atoms with E-state index in [4.69, 9.17) is 9.47 Å². The number of fused-ring (bicyclic) bond motifs is 1. The lowest BCUT2D eigenvalue weighted by Crippen LogP contribution is -2.46. The van der Waals surface area contributed by atoms with E-state index in [0.29, 0.717) is 13.2 Å². The van der Waals surface area contributed by atoms with Crippen LogP contribution in [0, 0.1) is 0 Å². The summed E-state index contributed by atoms with van der Waals surface area (Å²) in [5.74, 6) is 0.556. The fraction of sp³-hybridized carbons (Fsp3) is 0.556. The number of aromatic nitrogens is 3. The van der Waals surface area contributed by atoms with Crippen molar-refractivity contribution in [2.45, 2.75) is 38.0 Å². The molecule has 2 fully saturated rings. The molecular formula is C18H22N4O3S2. The van der Waals surface area contributed by atoms with Gasteiger partial charge in [-0.1, -0.05) is 24.3 Å². The van der Waals surface area contributed by atoms with Crippen LogP contribution in [0.25, 0.3) is 4.96 Å². The molecule has 0 unspecified atom stereocenters. The molecule has 7 nitrogen and oxygen atoms in total. The third-order valence-electron chi connectivity index (χ3n) is 5.36. The Bertz CT molecular complexity index is 920. The molecular weight excluding hydrogens is 384 g/mol. The van der Waals surface area contributed by atoms with Crippen molar-refractivity contribution in [3.05, 3.63) is 33.1 Å². The highest BCUT2D eigenvalue weighted by molar-refractivity contribution is 7.17. The lowest BCUT2D eigenvalue weighted by Gasteiger charge is -2.40. The second kappa shape index (κ2) is 6.82. The fourth-order valence-corrected chi connectivity index (χ4v) is 6.02. The van der Waals surface area contributed by atoms with Gasteiger partial charge < -0.3 is 14.6 Å². The molecule has 3 aromatic rings. The van der Waals surface area contributed by atoms with Crippen LogP contribution in [-0.4, -0.2) is 56.7 Å². The van der Waals surface area contributed by atoms with E-state index in [2.05, 4.69) is 32.5 Å². The van der Waals surface area contributed by atoms with Crippen molar-refractivity contribution in [1.82, 2.24) is 19.5 Å². The van der Waals surface area contributed by atoms with Crippen LogP contribution in [0.5, 0.6) is 5.88 Å². The highest BCUT2D eigenvalue weighted by Gasteiger charge is 2.42. The quantitative estimate of drug-likeness (QED) is 0.718. The Hall–Kier alpha value is -1.52. The molecule has 0 amide bonds. The molecule has 0 bridgehead atoms. The van der Waals surface area contributed by atoms with Crippen LogP contribution < -0.4 is 0 Å². The molecule has 2 saturated heterocycles. The van der Waals surface area contributed by atoms with Gasteiger partial charge in [0.1, 0.15) is 0 Å². The van der Waals surface area contributed by atoms with Gasteiger partial charge in [0.2, 0.25) is 10.8 Å². The largest absolute Gasteiger partial charge is 0.492 e. The van der Waals surface area contributed by atoms with Crippen molar-refractivity contribution in [1.29, 1.82) is 0 Å². The summed E-state index contributed by atoms with van der Waals surface area (Å²) in [5.41, 5.74) is 0. The monoisotopic (exact) mass is 406 g/mol. The molecule has 3 aromatic heterocycles. The van der Waals surface area contributed by atoms with Crippen LogP contribution >= 0.6 is 22.7 Å². The molecule has 2 aliphatic rings. The summed E-state index contributed by atoms with van der Waals surface area (Å²) >= 11 is 3.24. The van der Waals surface area contributed by atoms with Crippen molar-refractivity contribution in [3.8, 4) is 5.88 Å². The Labute approximate surface area is 165 Å². The molecule has 2 aliphatic heterocycles. The van der Waals surface area contributed by atoms with E-state index in [0.717, 1.165) is 48.0 Å². The Morgan fingerprint density at radius 2 is 2.07 bits per heavy atom. The van der Waals surface area contributed by atoms with Gasteiger partial charge in [-0.3, -0.25) is 4.90 Å². The van der Waals surface area contributed by atoms with Gasteiger partial charge in [-0.2, -0.15) is 4.52 Å². The predicted octanol–water partition coefficient (Wildman–Crippen LogP) is 3.05. The molecule has 0 radical (unpaired) electrons. The van der Waals surface area contributed by atoms with Gasteiger partial charge in [0.25, 0.3) is 0 Å². The van der Waals surface area contributed by atoms with Crippen LogP contribution in [0.3, 0.4) is 0 Å². The SMILES string of the molecule is CCc1nc2sc([C@H](c3cccs3)N3CCC4(CC3)OCCO4)c(O)n2n1. The minimum absolute atomic E-state index is 0.00216. The van der Waals surface area contributed by atoms with Gasteiger partial charge in [0.15, 0.2) is 11.6 Å². The average Bonchev–Trinajstić information content (AvgIpc) is 3.46. The third kappa shape index (κ3) is 2.98. The number of likely N-dealkylation sites (tertiary alicyclic amines) is 1. The standard InChI is InChI=1S/C18H22N4O3S2/c1-2-13-19-17-22(20-13)16(23)15(27-17)14(12-4-3-11-26-12)21-7-5-18(6-8-21)24-9-10-25-18/h3-4,11,14,23H,2,5-10H2,1H3/t14-/m0/s1. The first-order valence-electron chi connectivity index (χ1n) is 9.32. The molecule has 144 valence electrons. The molecule has 0 aliphatic carbocycles. The second-order valence-electron chi connectivity index (χ2n) is 6.93. The number of rotatable bonds is 4. The number of thiazole rings is 1. The fourth-order valence-electron chi connectivity index (χ4n) is 3.95. The van der Waals surface area contributed by atoms with E-state index in [-0.39, 0.29) is 11.9 Å². The Balaban J connectivity index is 1.49. The maximum Gasteiger partial charge on any atom is 0.230 e. The average molecular weight is 407 g/mol. The Morgan fingerprint density at radius 1 is 1.30 bits per heavy atom. The Kier molecular flexibility index (Phi) is 4.44. The van der Waals surface area contributed by atoms with Gasteiger partial charge in [0.05, 0.1) is 24.1 Å². The number of thiophene rings is 1. The number of ether oxygens (including phenoxy) is 2. The predicted molar refractivity (Wildman–Crippen MR) is 104 cm³/mol. The molecule has 1 spiro atoms. The molecule has 0 saturated carbocycles. The van der Waals surface area contributed by atoms with Crippen LogP contribution in [-0.2, 0) is 15.9 Å². The number of aromatic hydroxyl groups is 1. The normalized spacial score (nSPS) is 21.4. The van der Waals surface area contributed by atoms with Gasteiger partial charge >= 0.3 is 0 Å². The molecule has 27 heavy (non-hydrogen) atoms. The van der Waals surface area contributed by atoms with Gasteiger partial charge in [-0.05, 0) is 11.4 Å². The molecule has 5 rings (SSSR count). The summed E-state index contributed by atoms with van der Waals surface area (Å²) in [6.45, 7) is 5.10. The lowest BCUT2D eigenvalue weighted by atomic mass is 10.0. The van der Waals surface area contributed by atoms with Crippen LogP contribution in [0.4, 0.5) is 0 Å². The number of piperidine rings is 1. The maximum atomic E-state index is 10.9. The van der Waals surface area contributed by atoms with E-state index in [9.17, 15) is 5.11 Å². The number of hydrogen-bond acceptors (Lipinski definition) is 8. The van der Waals surface area contributed by atoms with E-state index in [1.807, 2.05) is 6.92 Å². The van der Waals surface area contributed by atoms with E-state index < -0.39 is 5.79 Å². The number of aryl methyl sites for hydroxylation is 1. The third-order valence-corrected chi connectivity index (χ3v) is 7.36. The van der Waals surface area contributed by atoms with Crippen molar-refractivity contribution in [3.63, 3.8) is 0 Å². The van der Waals surface area contributed by atoms with Crippen LogP contribution in [0.1, 0.15) is 41.4 Å². The smallest absolute Gasteiger partial charge is 0.230 e. The van der Waals surface area contributed by atoms with E-state index in [1.54, 1.807) is 15.9 Å². The van der Waals surface area contributed by atoms with Crippen molar-refractivity contribution < 1.29 is 14.6 Å². The molecule has 9 heteroatoms. The molecule has 5 heterocycles. The summed E-state index contributed by atoms with van der Waals surface area (Å²) in [4.78, 5) is 9.81. The summed E-state index contributed by atoms with van der Waals surface area (Å²) in [6.07, 6.45) is 2.44. The van der Waals surface area contributed by atoms with Gasteiger partial charge in [-0.15, -0.1) is 16.4 Å². The lowest BCUT2D eigenvalue weighted by molar-refractivity contribution is -0.187. The molecule has 1 atom stereocenters.